The summed E-state index contributed by atoms with van der Waals surface area (Å²) in [7, 11) is 0. The van der Waals surface area contributed by atoms with E-state index in [9.17, 15) is 5.11 Å². The number of nitrogens with zero attached hydrogens (tertiary/aromatic N) is 2. The summed E-state index contributed by atoms with van der Waals surface area (Å²) in [5, 5.41) is 17.4. The van der Waals surface area contributed by atoms with E-state index in [-0.39, 0.29) is 0 Å². The number of nitrogens with one attached hydrogen (secondary N) is 1. The molecule has 0 aliphatic heterocycles. The van der Waals surface area contributed by atoms with Gasteiger partial charge in [-0.25, -0.2) is 0 Å². The molecule has 0 aliphatic rings. The van der Waals surface area contributed by atoms with Gasteiger partial charge in [0.1, 0.15) is 0 Å². The van der Waals surface area contributed by atoms with Crippen LogP contribution in [-0.4, -0.2) is 33.6 Å². The Labute approximate surface area is 91.3 Å². The molecule has 0 bridgehead atoms. The highest BCUT2D eigenvalue weighted by molar-refractivity contribution is 5.08. The van der Waals surface area contributed by atoms with Gasteiger partial charge in [-0.1, -0.05) is 6.92 Å². The Kier molecular flexibility index (Phi) is 4.29. The molecule has 1 heterocycles. The van der Waals surface area contributed by atoms with E-state index in [1.807, 2.05) is 37.8 Å². The number of aromatic nitrogens is 2. The van der Waals surface area contributed by atoms with Crippen LogP contribution in [0.2, 0.25) is 0 Å². The second kappa shape index (κ2) is 5.28. The number of rotatable bonds is 6. The molecule has 0 aliphatic carbocycles. The van der Waals surface area contributed by atoms with Crippen molar-refractivity contribution in [1.82, 2.24) is 15.1 Å². The van der Waals surface area contributed by atoms with Crippen molar-refractivity contribution in [3.05, 3.63) is 18.0 Å². The van der Waals surface area contributed by atoms with Crippen molar-refractivity contribution in [2.75, 3.05) is 13.1 Å². The lowest BCUT2D eigenvalue weighted by molar-refractivity contribution is 0.0607. The van der Waals surface area contributed by atoms with Crippen molar-refractivity contribution in [2.45, 2.75) is 39.3 Å². The SMILES string of the molecule is CCNCC(C)(O)Cc1cnn(CC)c1. The van der Waals surface area contributed by atoms with Crippen LogP contribution >= 0.6 is 0 Å². The lowest BCUT2D eigenvalue weighted by atomic mass is 9.99. The van der Waals surface area contributed by atoms with Gasteiger partial charge in [-0.15, -0.1) is 0 Å². The van der Waals surface area contributed by atoms with Crippen molar-refractivity contribution in [2.24, 2.45) is 0 Å². The van der Waals surface area contributed by atoms with Crippen molar-refractivity contribution >= 4 is 0 Å². The minimum absolute atomic E-state index is 0.612. The molecule has 4 nitrogen and oxygen atoms in total. The van der Waals surface area contributed by atoms with Gasteiger partial charge in [0, 0.05) is 25.7 Å². The molecule has 0 saturated heterocycles. The maximum atomic E-state index is 10.1. The number of aryl methyl sites for hydroxylation is 1. The molecule has 1 atom stereocenters. The first kappa shape index (κ1) is 12.2. The first-order valence-corrected chi connectivity index (χ1v) is 5.52. The maximum Gasteiger partial charge on any atom is 0.0784 e. The fraction of sp³-hybridized carbons (Fsp3) is 0.727. The van der Waals surface area contributed by atoms with Crippen LogP contribution in [0.1, 0.15) is 26.3 Å². The van der Waals surface area contributed by atoms with Crippen LogP contribution in [0.3, 0.4) is 0 Å². The smallest absolute Gasteiger partial charge is 0.0784 e. The fourth-order valence-corrected chi connectivity index (χ4v) is 1.57. The number of hydrogen-bond donors (Lipinski definition) is 2. The molecule has 2 N–H and O–H groups in total. The molecular formula is C11H21N3O. The molecule has 86 valence electrons. The molecule has 15 heavy (non-hydrogen) atoms. The number of likely N-dealkylation sites (N-methyl/N-ethyl adjacent to an activating group) is 1. The standard InChI is InChI=1S/C11H21N3O/c1-4-12-9-11(3,15)6-10-7-13-14(5-2)8-10/h7-8,12,15H,4-6,9H2,1-3H3. The third-order valence-electron chi connectivity index (χ3n) is 2.35. The van der Waals surface area contributed by atoms with Crippen molar-refractivity contribution < 1.29 is 5.11 Å². The topological polar surface area (TPSA) is 50.1 Å². The van der Waals surface area contributed by atoms with Crippen LogP contribution in [0.15, 0.2) is 12.4 Å². The summed E-state index contributed by atoms with van der Waals surface area (Å²) in [6.45, 7) is 8.29. The Balaban J connectivity index is 2.52. The van der Waals surface area contributed by atoms with E-state index in [1.165, 1.54) is 0 Å². The van der Waals surface area contributed by atoms with Gasteiger partial charge >= 0.3 is 0 Å². The molecule has 4 heteroatoms. The lowest BCUT2D eigenvalue weighted by Crippen LogP contribution is -2.39. The van der Waals surface area contributed by atoms with E-state index < -0.39 is 5.60 Å². The quantitative estimate of drug-likeness (QED) is 0.732. The molecule has 1 unspecified atom stereocenters. The Morgan fingerprint density at radius 1 is 1.53 bits per heavy atom. The average molecular weight is 211 g/mol. The highest BCUT2D eigenvalue weighted by Gasteiger charge is 2.20. The normalized spacial score (nSPS) is 15.2. The second-order valence-electron chi connectivity index (χ2n) is 4.16. The average Bonchev–Trinajstić information content (AvgIpc) is 2.62. The van der Waals surface area contributed by atoms with E-state index in [1.54, 1.807) is 0 Å². The van der Waals surface area contributed by atoms with Gasteiger partial charge < -0.3 is 10.4 Å². The van der Waals surface area contributed by atoms with Gasteiger partial charge in [-0.3, -0.25) is 4.68 Å². The van der Waals surface area contributed by atoms with Crippen molar-refractivity contribution in [3.63, 3.8) is 0 Å². The summed E-state index contributed by atoms with van der Waals surface area (Å²) < 4.78 is 1.87. The molecule has 1 rings (SSSR count). The molecule has 1 aromatic rings. The van der Waals surface area contributed by atoms with Gasteiger partial charge in [-0.2, -0.15) is 5.10 Å². The predicted octanol–water partition coefficient (Wildman–Crippen LogP) is 0.806. The van der Waals surface area contributed by atoms with E-state index >= 15 is 0 Å². The molecule has 1 aromatic heterocycles. The Hall–Kier alpha value is -0.870. The van der Waals surface area contributed by atoms with Gasteiger partial charge in [0.05, 0.1) is 11.8 Å². The van der Waals surface area contributed by atoms with Gasteiger partial charge in [0.2, 0.25) is 0 Å². The Morgan fingerprint density at radius 2 is 2.27 bits per heavy atom. The van der Waals surface area contributed by atoms with Crippen LogP contribution in [-0.2, 0) is 13.0 Å². The lowest BCUT2D eigenvalue weighted by Gasteiger charge is -2.22. The first-order chi connectivity index (χ1) is 7.07. The molecule has 0 saturated carbocycles. The number of aliphatic hydroxyl groups is 1. The molecule has 0 fully saturated rings. The van der Waals surface area contributed by atoms with Gasteiger partial charge in [0.25, 0.3) is 0 Å². The molecule has 0 radical (unpaired) electrons. The highest BCUT2D eigenvalue weighted by atomic mass is 16.3. The largest absolute Gasteiger partial charge is 0.389 e. The summed E-state index contributed by atoms with van der Waals surface area (Å²) in [6, 6.07) is 0. The summed E-state index contributed by atoms with van der Waals surface area (Å²) in [4.78, 5) is 0. The summed E-state index contributed by atoms with van der Waals surface area (Å²) in [5.74, 6) is 0. The zero-order chi connectivity index (χ0) is 11.3. The zero-order valence-corrected chi connectivity index (χ0v) is 9.82. The van der Waals surface area contributed by atoms with Crippen LogP contribution in [0.25, 0.3) is 0 Å². The minimum Gasteiger partial charge on any atom is -0.389 e. The third-order valence-corrected chi connectivity index (χ3v) is 2.35. The Morgan fingerprint density at radius 3 is 2.80 bits per heavy atom. The molecular weight excluding hydrogens is 190 g/mol. The predicted molar refractivity (Wildman–Crippen MR) is 60.8 cm³/mol. The monoisotopic (exact) mass is 211 g/mol. The van der Waals surface area contributed by atoms with Crippen LogP contribution in [0.4, 0.5) is 0 Å². The van der Waals surface area contributed by atoms with E-state index in [2.05, 4.69) is 10.4 Å². The van der Waals surface area contributed by atoms with Gasteiger partial charge in [-0.05, 0) is 26.0 Å². The van der Waals surface area contributed by atoms with E-state index in [0.717, 1.165) is 18.7 Å². The van der Waals surface area contributed by atoms with Crippen LogP contribution in [0.5, 0.6) is 0 Å². The van der Waals surface area contributed by atoms with E-state index in [4.69, 9.17) is 0 Å². The summed E-state index contributed by atoms with van der Waals surface area (Å²) in [6.07, 6.45) is 4.45. The van der Waals surface area contributed by atoms with Gasteiger partial charge in [0.15, 0.2) is 0 Å². The number of hydrogen-bond acceptors (Lipinski definition) is 3. The summed E-state index contributed by atoms with van der Waals surface area (Å²) >= 11 is 0. The van der Waals surface area contributed by atoms with Crippen molar-refractivity contribution in [3.8, 4) is 0 Å². The minimum atomic E-state index is -0.697. The Bertz CT molecular complexity index is 294. The van der Waals surface area contributed by atoms with Crippen LogP contribution < -0.4 is 5.32 Å². The molecule has 0 aromatic carbocycles. The molecule has 0 spiro atoms. The van der Waals surface area contributed by atoms with Crippen molar-refractivity contribution in [1.29, 1.82) is 0 Å². The summed E-state index contributed by atoms with van der Waals surface area (Å²) in [5.41, 5.74) is 0.386. The third kappa shape index (κ3) is 4.01. The maximum absolute atomic E-state index is 10.1. The highest BCUT2D eigenvalue weighted by Crippen LogP contribution is 2.11. The van der Waals surface area contributed by atoms with Crippen LogP contribution in [0, 0.1) is 0 Å². The van der Waals surface area contributed by atoms with E-state index in [0.29, 0.717) is 13.0 Å². The first-order valence-electron chi connectivity index (χ1n) is 5.52. The second-order valence-corrected chi connectivity index (χ2v) is 4.16. The molecule has 0 amide bonds. The fourth-order valence-electron chi connectivity index (χ4n) is 1.57. The zero-order valence-electron chi connectivity index (χ0n) is 9.82.